The molecule has 2 aromatic carbocycles. The minimum Gasteiger partial charge on any atom is -0.495 e. The van der Waals surface area contributed by atoms with E-state index >= 15 is 0 Å². The number of carbonyl (C=O) groups is 3. The summed E-state index contributed by atoms with van der Waals surface area (Å²) in [7, 11) is 2.98. The summed E-state index contributed by atoms with van der Waals surface area (Å²) >= 11 is 0. The van der Waals surface area contributed by atoms with Gasteiger partial charge in [-0.1, -0.05) is 12.1 Å². The van der Waals surface area contributed by atoms with Crippen molar-refractivity contribution in [3.8, 4) is 11.5 Å². The molecule has 1 heterocycles. The number of aryl methyl sites for hydroxylation is 1. The molecule has 2 aliphatic rings. The molecule has 2 atom stereocenters. The van der Waals surface area contributed by atoms with Crippen LogP contribution in [0.15, 0.2) is 36.4 Å². The Kier molecular flexibility index (Phi) is 11.3. The highest BCUT2D eigenvalue weighted by molar-refractivity contribution is 5.99. The van der Waals surface area contributed by atoms with Crippen LogP contribution in [0.25, 0.3) is 0 Å². The Morgan fingerprint density at radius 3 is 2.30 bits per heavy atom. The molecule has 258 valence electrons. The van der Waals surface area contributed by atoms with Crippen LogP contribution in [-0.4, -0.2) is 75.0 Å². The number of piperidine rings is 1. The maximum atomic E-state index is 14.3. The number of carbonyl (C=O) groups excluding carboxylic acids is 3. The Labute approximate surface area is 273 Å². The predicted octanol–water partition coefficient (Wildman–Crippen LogP) is 6.45. The number of ether oxygens (including phenoxy) is 4. The topological polar surface area (TPSA) is 107 Å². The van der Waals surface area contributed by atoms with Crippen molar-refractivity contribution < 1.29 is 46.5 Å². The van der Waals surface area contributed by atoms with Gasteiger partial charge in [0.2, 0.25) is 11.8 Å². The Balaban J connectivity index is 1.65. The number of methoxy groups -OCH3 is 2. The predicted molar refractivity (Wildman–Crippen MR) is 170 cm³/mol. The van der Waals surface area contributed by atoms with Gasteiger partial charge in [-0.15, -0.1) is 0 Å². The van der Waals surface area contributed by atoms with Gasteiger partial charge in [0.1, 0.15) is 17.1 Å². The van der Waals surface area contributed by atoms with E-state index in [1.807, 2.05) is 13.0 Å². The zero-order valence-corrected chi connectivity index (χ0v) is 27.7. The van der Waals surface area contributed by atoms with Crippen molar-refractivity contribution in [1.29, 1.82) is 0 Å². The number of halogens is 3. The highest BCUT2D eigenvalue weighted by Gasteiger charge is 2.44. The molecule has 2 fully saturated rings. The molecule has 1 saturated heterocycles. The molecule has 1 aliphatic carbocycles. The summed E-state index contributed by atoms with van der Waals surface area (Å²) in [6.07, 6.45) is -3.51. The van der Waals surface area contributed by atoms with Crippen LogP contribution in [0.1, 0.15) is 57.6 Å². The molecule has 1 saturated carbocycles. The van der Waals surface area contributed by atoms with Gasteiger partial charge < -0.3 is 34.1 Å². The van der Waals surface area contributed by atoms with E-state index < -0.39 is 47.1 Å². The second-order valence-electron chi connectivity index (χ2n) is 13.0. The number of nitrogens with zero attached hydrogens (tertiary/aromatic N) is 2. The SMILES string of the molecule is COCCCOc1cc(N(C(=O)[C@@H]2C[C@H](C(=O)Nc3c(C)cccc3OC)CN(C(=O)OC(C)(C)C)C2)C2CC2)ccc1C(F)(F)F. The third-order valence-corrected chi connectivity index (χ3v) is 7.97. The van der Waals surface area contributed by atoms with E-state index in [1.54, 1.807) is 32.9 Å². The zero-order valence-electron chi connectivity index (χ0n) is 27.7. The minimum absolute atomic E-state index is 0.00626. The van der Waals surface area contributed by atoms with Gasteiger partial charge in [0.15, 0.2) is 0 Å². The first-order chi connectivity index (χ1) is 22.1. The molecule has 0 spiro atoms. The summed E-state index contributed by atoms with van der Waals surface area (Å²) in [6.45, 7) is 7.30. The summed E-state index contributed by atoms with van der Waals surface area (Å²) in [5.41, 5.74) is -0.251. The van der Waals surface area contributed by atoms with E-state index in [4.69, 9.17) is 18.9 Å². The molecule has 10 nitrogen and oxygen atoms in total. The maximum absolute atomic E-state index is 14.3. The van der Waals surface area contributed by atoms with Crippen molar-refractivity contribution in [2.24, 2.45) is 11.8 Å². The molecule has 4 rings (SSSR count). The molecular weight excluding hydrogens is 619 g/mol. The normalized spacial score (nSPS) is 18.4. The van der Waals surface area contributed by atoms with Crippen molar-refractivity contribution in [3.05, 3.63) is 47.5 Å². The molecule has 3 amide bonds. The van der Waals surface area contributed by atoms with Crippen LogP contribution in [0.3, 0.4) is 0 Å². The number of para-hydroxylation sites is 1. The summed E-state index contributed by atoms with van der Waals surface area (Å²) in [4.78, 5) is 44.2. The second-order valence-corrected chi connectivity index (χ2v) is 13.0. The van der Waals surface area contributed by atoms with Gasteiger partial charge in [-0.2, -0.15) is 13.2 Å². The molecule has 13 heteroatoms. The van der Waals surface area contributed by atoms with Crippen molar-refractivity contribution >= 4 is 29.3 Å². The van der Waals surface area contributed by atoms with Crippen LogP contribution in [0.4, 0.5) is 29.3 Å². The van der Waals surface area contributed by atoms with Gasteiger partial charge in [0.25, 0.3) is 0 Å². The Hall–Kier alpha value is -4.00. The fraction of sp³-hybridized carbons (Fsp3) is 0.559. The number of nitrogens with one attached hydrogen (secondary N) is 1. The minimum atomic E-state index is -4.67. The lowest BCUT2D eigenvalue weighted by Crippen LogP contribution is -2.53. The molecule has 0 bridgehead atoms. The molecule has 0 radical (unpaired) electrons. The van der Waals surface area contributed by atoms with E-state index in [9.17, 15) is 27.6 Å². The average molecular weight is 664 g/mol. The Bertz CT molecular complexity index is 1440. The Morgan fingerprint density at radius 2 is 1.68 bits per heavy atom. The third kappa shape index (κ3) is 9.30. The number of rotatable bonds is 11. The molecule has 47 heavy (non-hydrogen) atoms. The molecule has 0 aromatic heterocycles. The lowest BCUT2D eigenvalue weighted by Gasteiger charge is -2.39. The second kappa shape index (κ2) is 14.8. The first kappa shape index (κ1) is 35.8. The highest BCUT2D eigenvalue weighted by Crippen LogP contribution is 2.42. The van der Waals surface area contributed by atoms with Crippen LogP contribution in [0, 0.1) is 18.8 Å². The van der Waals surface area contributed by atoms with E-state index in [0.717, 1.165) is 11.6 Å². The highest BCUT2D eigenvalue weighted by atomic mass is 19.4. The smallest absolute Gasteiger partial charge is 0.419 e. The number of hydrogen-bond acceptors (Lipinski definition) is 7. The van der Waals surface area contributed by atoms with Crippen LogP contribution >= 0.6 is 0 Å². The van der Waals surface area contributed by atoms with Gasteiger partial charge >= 0.3 is 12.3 Å². The Morgan fingerprint density at radius 1 is 0.979 bits per heavy atom. The molecule has 2 aromatic rings. The molecular formula is C34H44F3N3O7. The number of anilines is 2. The van der Waals surface area contributed by atoms with Gasteiger partial charge in [-0.05, 0) is 70.7 Å². The number of alkyl halides is 3. The van der Waals surface area contributed by atoms with Crippen LogP contribution in [-0.2, 0) is 25.2 Å². The van der Waals surface area contributed by atoms with Crippen molar-refractivity contribution in [2.75, 3.05) is 50.7 Å². The number of likely N-dealkylation sites (tertiary alicyclic amines) is 1. The fourth-order valence-electron chi connectivity index (χ4n) is 5.59. The van der Waals surface area contributed by atoms with Gasteiger partial charge in [-0.25, -0.2) is 4.79 Å². The average Bonchev–Trinajstić information content (AvgIpc) is 3.84. The molecule has 0 unspecified atom stereocenters. The van der Waals surface area contributed by atoms with Crippen molar-refractivity contribution in [1.82, 2.24) is 4.90 Å². The molecule has 1 aliphatic heterocycles. The number of amides is 3. The summed E-state index contributed by atoms with van der Waals surface area (Å²) in [5, 5.41) is 2.92. The van der Waals surface area contributed by atoms with E-state index in [0.29, 0.717) is 37.3 Å². The van der Waals surface area contributed by atoms with E-state index in [-0.39, 0.29) is 43.6 Å². The maximum Gasteiger partial charge on any atom is 0.419 e. The molecule has 1 N–H and O–H groups in total. The van der Waals surface area contributed by atoms with Crippen LogP contribution in [0.2, 0.25) is 0 Å². The standard InChI is InChI=1S/C34H44F3N3O7/c1-21-9-7-10-27(45-6)29(21)38-30(41)22-17-23(20-39(19-22)32(43)47-33(2,3)4)31(42)40(24-11-12-24)25-13-14-26(34(35,36)37)28(18-25)46-16-8-15-44-5/h7,9-10,13-14,18,22-24H,8,11-12,15-17,19-20H2,1-6H3,(H,38,41)/t22-,23+/m0/s1. The summed E-state index contributed by atoms with van der Waals surface area (Å²) < 4.78 is 63.2. The van der Waals surface area contributed by atoms with Gasteiger partial charge in [0.05, 0.1) is 36.8 Å². The summed E-state index contributed by atoms with van der Waals surface area (Å²) in [6, 6.07) is 8.54. The van der Waals surface area contributed by atoms with E-state index in [2.05, 4.69) is 5.32 Å². The largest absolute Gasteiger partial charge is 0.495 e. The fourth-order valence-corrected chi connectivity index (χ4v) is 5.59. The lowest BCUT2D eigenvalue weighted by atomic mass is 9.87. The van der Waals surface area contributed by atoms with Gasteiger partial charge in [-0.3, -0.25) is 9.59 Å². The van der Waals surface area contributed by atoms with Crippen LogP contribution in [0.5, 0.6) is 11.5 Å². The van der Waals surface area contributed by atoms with Gasteiger partial charge in [0, 0.05) is 51.0 Å². The number of benzene rings is 2. The van der Waals surface area contributed by atoms with Crippen LogP contribution < -0.4 is 19.7 Å². The monoisotopic (exact) mass is 663 g/mol. The first-order valence-electron chi connectivity index (χ1n) is 15.7. The van der Waals surface area contributed by atoms with E-state index in [1.165, 1.54) is 36.2 Å². The first-order valence-corrected chi connectivity index (χ1v) is 15.7. The van der Waals surface area contributed by atoms with Crippen molar-refractivity contribution in [3.63, 3.8) is 0 Å². The zero-order chi connectivity index (χ0) is 34.5. The third-order valence-electron chi connectivity index (χ3n) is 7.97. The summed E-state index contributed by atoms with van der Waals surface area (Å²) in [5.74, 6) is -2.33. The number of hydrogen-bond donors (Lipinski definition) is 1. The van der Waals surface area contributed by atoms with Crippen molar-refractivity contribution in [2.45, 2.75) is 71.2 Å². The lowest BCUT2D eigenvalue weighted by molar-refractivity contribution is -0.139. The quantitative estimate of drug-likeness (QED) is 0.276.